The molecule has 1 aliphatic heterocycles. The van der Waals surface area contributed by atoms with Gasteiger partial charge >= 0.3 is 5.97 Å². The fourth-order valence-electron chi connectivity index (χ4n) is 2.45. The van der Waals surface area contributed by atoms with Gasteiger partial charge in [-0.3, -0.25) is 0 Å². The van der Waals surface area contributed by atoms with E-state index in [2.05, 4.69) is 5.16 Å². The van der Waals surface area contributed by atoms with Crippen LogP contribution in [0.25, 0.3) is 6.08 Å². The summed E-state index contributed by atoms with van der Waals surface area (Å²) in [7, 11) is 3.98. The summed E-state index contributed by atoms with van der Waals surface area (Å²) in [6.45, 7) is 2.01. The summed E-state index contributed by atoms with van der Waals surface area (Å²) >= 11 is 0. The lowest BCUT2D eigenvalue weighted by Gasteiger charge is -2.11. The maximum Gasteiger partial charge on any atom is 0.368 e. The highest BCUT2D eigenvalue weighted by molar-refractivity contribution is 6.31. The number of carbonyl (C=O) groups excluding carboxylic acids is 1. The van der Waals surface area contributed by atoms with E-state index in [1.807, 2.05) is 80.5 Å². The molecule has 4 nitrogen and oxygen atoms in total. The van der Waals surface area contributed by atoms with Crippen LogP contribution < -0.4 is 4.90 Å². The minimum atomic E-state index is -0.418. The molecule has 0 N–H and O–H groups in total. The molecule has 0 fully saturated rings. The number of hydrogen-bond donors (Lipinski definition) is 0. The summed E-state index contributed by atoms with van der Waals surface area (Å²) in [5.74, 6) is -0.418. The van der Waals surface area contributed by atoms with Crippen LogP contribution in [0, 0.1) is 6.92 Å². The van der Waals surface area contributed by atoms with Crippen LogP contribution in [-0.4, -0.2) is 25.8 Å². The molecular formula is C19H18N2O2. The van der Waals surface area contributed by atoms with Crippen molar-refractivity contribution in [1.29, 1.82) is 0 Å². The summed E-state index contributed by atoms with van der Waals surface area (Å²) in [5, 5.41) is 3.94. The van der Waals surface area contributed by atoms with Crippen LogP contribution in [0.4, 0.5) is 5.69 Å². The maximum absolute atomic E-state index is 12.0. The molecule has 1 aliphatic rings. The molecule has 1 heterocycles. The van der Waals surface area contributed by atoms with Crippen LogP contribution >= 0.6 is 0 Å². The fourth-order valence-corrected chi connectivity index (χ4v) is 2.45. The van der Waals surface area contributed by atoms with Crippen molar-refractivity contribution in [2.75, 3.05) is 19.0 Å². The van der Waals surface area contributed by atoms with Gasteiger partial charge in [0, 0.05) is 25.3 Å². The predicted molar refractivity (Wildman–Crippen MR) is 92.6 cm³/mol. The SMILES string of the molecule is Cc1cccc(C2=NOC(=O)C2=Cc2ccc(N(C)C)cc2)c1. The predicted octanol–water partition coefficient (Wildman–Crippen LogP) is 3.41. The Labute approximate surface area is 135 Å². The lowest BCUT2D eigenvalue weighted by Crippen LogP contribution is -2.08. The van der Waals surface area contributed by atoms with E-state index >= 15 is 0 Å². The molecule has 0 spiro atoms. The fraction of sp³-hybridized carbons (Fsp3) is 0.158. The Hall–Kier alpha value is -2.88. The van der Waals surface area contributed by atoms with Gasteiger partial charge < -0.3 is 9.74 Å². The quantitative estimate of drug-likeness (QED) is 0.644. The number of carbonyl (C=O) groups is 1. The lowest BCUT2D eigenvalue weighted by molar-refractivity contribution is -0.136. The molecule has 0 amide bonds. The molecule has 3 rings (SSSR count). The number of oxime groups is 1. The number of anilines is 1. The number of nitrogens with zero attached hydrogens (tertiary/aromatic N) is 2. The minimum absolute atomic E-state index is 0.418. The van der Waals surface area contributed by atoms with Gasteiger partial charge in [0.2, 0.25) is 0 Å². The summed E-state index contributed by atoms with van der Waals surface area (Å²) in [5.41, 5.74) is 5.09. The molecule has 2 aromatic carbocycles. The van der Waals surface area contributed by atoms with E-state index in [0.717, 1.165) is 22.4 Å². The van der Waals surface area contributed by atoms with Gasteiger partial charge in [0.1, 0.15) is 5.71 Å². The summed E-state index contributed by atoms with van der Waals surface area (Å²) < 4.78 is 0. The van der Waals surface area contributed by atoms with Gasteiger partial charge in [0.25, 0.3) is 0 Å². The average molecular weight is 306 g/mol. The van der Waals surface area contributed by atoms with E-state index in [1.165, 1.54) is 0 Å². The van der Waals surface area contributed by atoms with Crippen LogP contribution in [0.1, 0.15) is 16.7 Å². The van der Waals surface area contributed by atoms with Crippen molar-refractivity contribution in [1.82, 2.24) is 0 Å². The van der Waals surface area contributed by atoms with E-state index < -0.39 is 5.97 Å². The van der Waals surface area contributed by atoms with Crippen LogP contribution in [-0.2, 0) is 9.63 Å². The summed E-state index contributed by atoms with van der Waals surface area (Å²) in [4.78, 5) is 18.9. The highest BCUT2D eigenvalue weighted by Gasteiger charge is 2.26. The Morgan fingerprint density at radius 3 is 2.48 bits per heavy atom. The van der Waals surface area contributed by atoms with Crippen molar-refractivity contribution in [2.45, 2.75) is 6.92 Å². The Bertz CT molecular complexity index is 802. The van der Waals surface area contributed by atoms with Crippen LogP contribution in [0.3, 0.4) is 0 Å². The number of benzene rings is 2. The molecule has 0 saturated carbocycles. The second-order valence-electron chi connectivity index (χ2n) is 5.73. The van der Waals surface area contributed by atoms with Crippen molar-refractivity contribution in [3.63, 3.8) is 0 Å². The van der Waals surface area contributed by atoms with Crippen molar-refractivity contribution in [3.8, 4) is 0 Å². The van der Waals surface area contributed by atoms with E-state index in [9.17, 15) is 4.79 Å². The van der Waals surface area contributed by atoms with E-state index in [4.69, 9.17) is 4.84 Å². The van der Waals surface area contributed by atoms with E-state index in [1.54, 1.807) is 0 Å². The Morgan fingerprint density at radius 1 is 1.09 bits per heavy atom. The molecule has 23 heavy (non-hydrogen) atoms. The molecule has 2 aromatic rings. The molecule has 4 heteroatoms. The van der Waals surface area contributed by atoms with Gasteiger partial charge in [0.05, 0.1) is 5.57 Å². The molecule has 116 valence electrons. The molecule has 0 aromatic heterocycles. The monoisotopic (exact) mass is 306 g/mol. The first-order valence-corrected chi connectivity index (χ1v) is 7.40. The summed E-state index contributed by atoms with van der Waals surface area (Å²) in [6, 6.07) is 15.8. The number of aryl methyl sites for hydroxylation is 1. The third-order valence-electron chi connectivity index (χ3n) is 3.71. The van der Waals surface area contributed by atoms with Crippen molar-refractivity contribution >= 4 is 23.4 Å². The van der Waals surface area contributed by atoms with Crippen molar-refractivity contribution in [3.05, 3.63) is 70.8 Å². The topological polar surface area (TPSA) is 41.9 Å². The zero-order valence-corrected chi connectivity index (χ0v) is 13.4. The van der Waals surface area contributed by atoms with Gasteiger partial charge in [-0.05, 0) is 36.8 Å². The molecule has 0 unspecified atom stereocenters. The average Bonchev–Trinajstić information content (AvgIpc) is 2.89. The number of rotatable bonds is 3. The molecular weight excluding hydrogens is 288 g/mol. The minimum Gasteiger partial charge on any atom is -0.378 e. The van der Waals surface area contributed by atoms with E-state index in [0.29, 0.717) is 11.3 Å². The second kappa shape index (κ2) is 6.08. The van der Waals surface area contributed by atoms with Crippen molar-refractivity contribution < 1.29 is 9.63 Å². The van der Waals surface area contributed by atoms with Gasteiger partial charge in [-0.2, -0.15) is 0 Å². The third-order valence-corrected chi connectivity index (χ3v) is 3.71. The Balaban J connectivity index is 1.96. The smallest absolute Gasteiger partial charge is 0.368 e. The standard InChI is InChI=1S/C19H18N2O2/c1-13-5-4-6-15(11-13)18-17(19(22)23-20-18)12-14-7-9-16(10-8-14)21(2)3/h4-12H,1-3H3. The normalized spacial score (nSPS) is 15.5. The van der Waals surface area contributed by atoms with Gasteiger partial charge in [-0.15, -0.1) is 0 Å². The molecule has 0 aliphatic carbocycles. The first kappa shape index (κ1) is 15.0. The zero-order chi connectivity index (χ0) is 16.4. The molecule has 0 bridgehead atoms. The Morgan fingerprint density at radius 2 is 1.83 bits per heavy atom. The van der Waals surface area contributed by atoms with Crippen LogP contribution in [0.15, 0.2) is 59.3 Å². The first-order valence-electron chi connectivity index (χ1n) is 7.40. The Kier molecular flexibility index (Phi) is 3.98. The lowest BCUT2D eigenvalue weighted by atomic mass is 9.99. The number of hydrogen-bond acceptors (Lipinski definition) is 4. The van der Waals surface area contributed by atoms with E-state index in [-0.39, 0.29) is 0 Å². The summed E-state index contributed by atoms with van der Waals surface area (Å²) in [6.07, 6.45) is 1.82. The van der Waals surface area contributed by atoms with Gasteiger partial charge in [0.15, 0.2) is 0 Å². The van der Waals surface area contributed by atoms with Crippen LogP contribution in [0.2, 0.25) is 0 Å². The zero-order valence-electron chi connectivity index (χ0n) is 13.4. The highest BCUT2D eigenvalue weighted by atomic mass is 16.7. The first-order chi connectivity index (χ1) is 11.0. The van der Waals surface area contributed by atoms with Crippen LogP contribution in [0.5, 0.6) is 0 Å². The second-order valence-corrected chi connectivity index (χ2v) is 5.73. The van der Waals surface area contributed by atoms with Crippen molar-refractivity contribution in [2.24, 2.45) is 5.16 Å². The maximum atomic E-state index is 12.0. The molecule has 0 atom stereocenters. The largest absolute Gasteiger partial charge is 0.378 e. The molecule has 0 radical (unpaired) electrons. The highest BCUT2D eigenvalue weighted by Crippen LogP contribution is 2.22. The van der Waals surface area contributed by atoms with Gasteiger partial charge in [-0.25, -0.2) is 4.79 Å². The third kappa shape index (κ3) is 3.16. The van der Waals surface area contributed by atoms with Gasteiger partial charge in [-0.1, -0.05) is 41.1 Å². The molecule has 0 saturated heterocycles.